The molecule has 0 unspecified atom stereocenters. The lowest BCUT2D eigenvalue weighted by atomic mass is 9.87. The van der Waals surface area contributed by atoms with Crippen LogP contribution in [0.4, 0.5) is 0 Å². The van der Waals surface area contributed by atoms with Crippen LogP contribution in [0.5, 0.6) is 5.75 Å². The van der Waals surface area contributed by atoms with Gasteiger partial charge < -0.3 is 28.5 Å². The standard InChI is InChI=1S/C40H48O6SSi/c1-7-26-43-37-36(41)34(46-39(47-6)38(37)44-27-29-22-24-30(42-5)25-23-29)28-45-48(31-16-10-8-11-17-31,32-18-12-9-13-19-32)35-21-15-14-20-33(35)40(2,3)4/h7-25,34,36-39,41H,1,26-28H2,2-6H3/t34-,36+,37+,38-,39+/m1/s1. The lowest BCUT2D eigenvalue weighted by Gasteiger charge is -2.45. The van der Waals surface area contributed by atoms with Crippen molar-refractivity contribution in [3.05, 3.63) is 133 Å². The van der Waals surface area contributed by atoms with Crippen molar-refractivity contribution in [3.8, 4) is 5.75 Å². The Hall–Kier alpha value is -3.21. The molecule has 0 aromatic heterocycles. The van der Waals surface area contributed by atoms with Crippen LogP contribution in [0.1, 0.15) is 31.9 Å². The first kappa shape index (κ1) is 36.1. The Morgan fingerprint density at radius 1 is 0.833 bits per heavy atom. The van der Waals surface area contributed by atoms with Gasteiger partial charge in [0.2, 0.25) is 0 Å². The first-order valence-corrected chi connectivity index (χ1v) is 19.6. The van der Waals surface area contributed by atoms with E-state index >= 15 is 0 Å². The van der Waals surface area contributed by atoms with Crippen molar-refractivity contribution in [2.45, 2.75) is 62.6 Å². The highest BCUT2D eigenvalue weighted by Gasteiger charge is 2.50. The number of hydrogen-bond donors (Lipinski definition) is 1. The smallest absolute Gasteiger partial charge is 0.288 e. The molecule has 48 heavy (non-hydrogen) atoms. The molecule has 1 aliphatic rings. The zero-order chi connectivity index (χ0) is 34.1. The second kappa shape index (κ2) is 16.5. The average molecular weight is 685 g/mol. The fourth-order valence-electron chi connectivity index (χ4n) is 6.40. The first-order chi connectivity index (χ1) is 23.2. The molecule has 1 aliphatic heterocycles. The lowest BCUT2D eigenvalue weighted by Crippen LogP contribution is -2.71. The molecule has 1 saturated heterocycles. The molecule has 0 amide bonds. The van der Waals surface area contributed by atoms with E-state index in [1.165, 1.54) is 22.5 Å². The van der Waals surface area contributed by atoms with Crippen molar-refractivity contribution in [1.82, 2.24) is 0 Å². The number of ether oxygens (including phenoxy) is 4. The minimum absolute atomic E-state index is 0.134. The fraction of sp³-hybridized carbons (Fsp3) is 0.350. The van der Waals surface area contributed by atoms with Gasteiger partial charge in [0.05, 0.1) is 26.9 Å². The maximum absolute atomic E-state index is 11.9. The third-order valence-corrected chi connectivity index (χ3v) is 13.7. The molecular weight excluding hydrogens is 637 g/mol. The van der Waals surface area contributed by atoms with Crippen molar-refractivity contribution < 1.29 is 28.5 Å². The van der Waals surface area contributed by atoms with Gasteiger partial charge in [-0.15, -0.1) is 18.3 Å². The molecule has 6 nitrogen and oxygen atoms in total. The molecule has 0 spiro atoms. The summed E-state index contributed by atoms with van der Waals surface area (Å²) in [6.07, 6.45) is 0.812. The summed E-state index contributed by atoms with van der Waals surface area (Å²) < 4.78 is 32.0. The van der Waals surface area contributed by atoms with E-state index in [4.69, 9.17) is 23.4 Å². The lowest BCUT2D eigenvalue weighted by molar-refractivity contribution is -0.231. The Kier molecular flexibility index (Phi) is 12.4. The van der Waals surface area contributed by atoms with Crippen molar-refractivity contribution in [1.29, 1.82) is 0 Å². The Bertz CT molecular complexity index is 1540. The van der Waals surface area contributed by atoms with Gasteiger partial charge in [-0.3, -0.25) is 0 Å². The first-order valence-electron chi connectivity index (χ1n) is 16.4. The van der Waals surface area contributed by atoms with Gasteiger partial charge in [-0.1, -0.05) is 124 Å². The molecule has 0 aliphatic carbocycles. The van der Waals surface area contributed by atoms with Crippen molar-refractivity contribution >= 4 is 35.6 Å². The summed E-state index contributed by atoms with van der Waals surface area (Å²) in [5.41, 5.74) is 1.68. The van der Waals surface area contributed by atoms with Gasteiger partial charge in [-0.2, -0.15) is 0 Å². The number of methoxy groups -OCH3 is 1. The molecule has 0 radical (unpaired) electrons. The highest BCUT2D eigenvalue weighted by atomic mass is 32.2. The molecular formula is C40H48O6SSi. The normalized spacial score (nSPS) is 21.5. The number of rotatable bonds is 14. The molecule has 5 rings (SSSR count). The van der Waals surface area contributed by atoms with Crippen molar-refractivity contribution in [3.63, 3.8) is 0 Å². The van der Waals surface area contributed by atoms with E-state index < -0.39 is 38.2 Å². The van der Waals surface area contributed by atoms with Gasteiger partial charge in [0.25, 0.3) is 8.32 Å². The molecule has 8 heteroatoms. The molecule has 1 N–H and O–H groups in total. The van der Waals surface area contributed by atoms with Crippen molar-refractivity contribution in [2.24, 2.45) is 0 Å². The van der Waals surface area contributed by atoms with Crippen LogP contribution in [0.25, 0.3) is 0 Å². The summed E-state index contributed by atoms with van der Waals surface area (Å²) in [5.74, 6) is 0.781. The van der Waals surface area contributed by atoms with Crippen LogP contribution >= 0.6 is 11.8 Å². The Morgan fingerprint density at radius 2 is 1.44 bits per heavy atom. The summed E-state index contributed by atoms with van der Waals surface area (Å²) in [6.45, 7) is 11.3. The van der Waals surface area contributed by atoms with E-state index in [-0.39, 0.29) is 18.6 Å². The van der Waals surface area contributed by atoms with Crippen LogP contribution in [0.2, 0.25) is 0 Å². The number of hydrogen-bond acceptors (Lipinski definition) is 7. The van der Waals surface area contributed by atoms with Crippen LogP contribution in [0, 0.1) is 0 Å². The predicted octanol–water partition coefficient (Wildman–Crippen LogP) is 5.58. The van der Waals surface area contributed by atoms with Crippen molar-refractivity contribution in [2.75, 3.05) is 26.6 Å². The quantitative estimate of drug-likeness (QED) is 0.106. The average Bonchev–Trinajstić information content (AvgIpc) is 3.12. The Morgan fingerprint density at radius 3 is 2.00 bits per heavy atom. The number of benzene rings is 4. The molecule has 5 atom stereocenters. The maximum atomic E-state index is 11.9. The molecule has 1 fully saturated rings. The monoisotopic (exact) mass is 684 g/mol. The van der Waals surface area contributed by atoms with E-state index in [0.717, 1.165) is 21.7 Å². The molecule has 254 valence electrons. The van der Waals surface area contributed by atoms with Gasteiger partial charge in [-0.05, 0) is 50.5 Å². The summed E-state index contributed by atoms with van der Waals surface area (Å²) in [5, 5.41) is 15.4. The molecule has 0 bridgehead atoms. The second-order valence-corrected chi connectivity index (χ2v) is 17.3. The highest BCUT2D eigenvalue weighted by Crippen LogP contribution is 2.33. The van der Waals surface area contributed by atoms with E-state index in [0.29, 0.717) is 6.61 Å². The zero-order valence-electron chi connectivity index (χ0n) is 28.6. The van der Waals surface area contributed by atoms with E-state index in [9.17, 15) is 5.11 Å². The number of thioether (sulfide) groups is 1. The van der Waals surface area contributed by atoms with Gasteiger partial charge in [-0.25, -0.2) is 0 Å². The minimum atomic E-state index is -3.15. The second-order valence-electron chi connectivity index (χ2n) is 13.0. The molecule has 0 saturated carbocycles. The van der Waals surface area contributed by atoms with Gasteiger partial charge in [0.1, 0.15) is 35.6 Å². The minimum Gasteiger partial charge on any atom is -0.497 e. The maximum Gasteiger partial charge on any atom is 0.288 e. The van der Waals surface area contributed by atoms with E-state index in [1.54, 1.807) is 13.2 Å². The third-order valence-electron chi connectivity index (χ3n) is 8.80. The summed E-state index contributed by atoms with van der Waals surface area (Å²) in [6, 6.07) is 37.4. The zero-order valence-corrected chi connectivity index (χ0v) is 30.4. The Labute approximate surface area is 291 Å². The summed E-state index contributed by atoms with van der Waals surface area (Å²) in [7, 11) is -1.51. The largest absolute Gasteiger partial charge is 0.497 e. The van der Waals surface area contributed by atoms with Crippen LogP contribution in [0.3, 0.4) is 0 Å². The van der Waals surface area contributed by atoms with Crippen LogP contribution in [-0.4, -0.2) is 69.9 Å². The fourth-order valence-corrected chi connectivity index (χ4v) is 11.5. The van der Waals surface area contributed by atoms with Gasteiger partial charge in [0, 0.05) is 0 Å². The van der Waals surface area contributed by atoms with Crippen LogP contribution < -0.4 is 20.3 Å². The third kappa shape index (κ3) is 7.98. The molecule has 4 aromatic carbocycles. The number of aliphatic hydroxyl groups is 1. The van der Waals surface area contributed by atoms with E-state index in [2.05, 4.69) is 100 Å². The predicted molar refractivity (Wildman–Crippen MR) is 198 cm³/mol. The summed E-state index contributed by atoms with van der Waals surface area (Å²) >= 11 is 1.54. The Balaban J connectivity index is 1.51. The van der Waals surface area contributed by atoms with Crippen LogP contribution in [0.15, 0.2) is 122 Å². The molecule has 1 heterocycles. The van der Waals surface area contributed by atoms with Crippen LogP contribution in [-0.2, 0) is 30.7 Å². The molecule has 4 aromatic rings. The van der Waals surface area contributed by atoms with E-state index in [1.807, 2.05) is 42.7 Å². The number of aliphatic hydroxyl groups excluding tert-OH is 1. The highest BCUT2D eigenvalue weighted by molar-refractivity contribution is 7.99. The summed E-state index contributed by atoms with van der Waals surface area (Å²) in [4.78, 5) is 0. The SMILES string of the molecule is C=CCO[C@H]1[C@@H](O)[C@@H](CO[Si](c2ccccc2)(c2ccccc2)c2ccccc2C(C)(C)C)O[C@@H](SC)[C@@H]1OCc1ccc(OC)cc1. The van der Waals surface area contributed by atoms with Gasteiger partial charge in [0.15, 0.2) is 0 Å². The topological polar surface area (TPSA) is 66.4 Å². The van der Waals surface area contributed by atoms with Gasteiger partial charge >= 0.3 is 0 Å².